The minimum absolute atomic E-state index is 0.430. The van der Waals surface area contributed by atoms with Crippen molar-refractivity contribution in [1.82, 2.24) is 4.98 Å². The summed E-state index contributed by atoms with van der Waals surface area (Å²) in [6.45, 7) is 0. The van der Waals surface area contributed by atoms with Crippen molar-refractivity contribution in [3.63, 3.8) is 0 Å². The molecule has 1 heterocycles. The first-order valence-corrected chi connectivity index (χ1v) is 6.12. The van der Waals surface area contributed by atoms with Crippen LogP contribution in [0.4, 0.5) is 13.2 Å². The lowest BCUT2D eigenvalue weighted by molar-refractivity contribution is -0.140. The van der Waals surface area contributed by atoms with Crippen molar-refractivity contribution in [3.05, 3.63) is 16.1 Å². The van der Waals surface area contributed by atoms with Crippen LogP contribution >= 0.6 is 11.3 Å². The van der Waals surface area contributed by atoms with Gasteiger partial charge in [-0.25, -0.2) is 4.98 Å². The number of aromatic nitrogens is 1. The second-order valence-corrected chi connectivity index (χ2v) is 5.11. The van der Waals surface area contributed by atoms with Crippen molar-refractivity contribution < 1.29 is 13.2 Å². The molecule has 90 valence electrons. The molecular weight excluding hydrogens is 237 g/mol. The second kappa shape index (κ2) is 4.00. The van der Waals surface area contributed by atoms with E-state index < -0.39 is 17.4 Å². The molecule has 16 heavy (non-hydrogen) atoms. The van der Waals surface area contributed by atoms with E-state index >= 15 is 0 Å². The van der Waals surface area contributed by atoms with Crippen LogP contribution < -0.4 is 5.73 Å². The lowest BCUT2D eigenvalue weighted by Gasteiger charge is -2.31. The Morgan fingerprint density at radius 3 is 2.38 bits per heavy atom. The molecule has 0 amide bonds. The third-order valence-electron chi connectivity index (χ3n) is 2.97. The quantitative estimate of drug-likeness (QED) is 0.830. The first kappa shape index (κ1) is 11.9. The van der Waals surface area contributed by atoms with Gasteiger partial charge in [0.2, 0.25) is 0 Å². The van der Waals surface area contributed by atoms with Gasteiger partial charge in [-0.15, -0.1) is 11.3 Å². The standard InChI is InChI=1S/C10H13F3N2S/c11-10(12,13)7-6-16-8(15-7)9(14)4-2-1-3-5-9/h6H,1-5,14H2. The number of nitrogens with two attached hydrogens (primary N) is 1. The molecule has 1 aliphatic rings. The van der Waals surface area contributed by atoms with Gasteiger partial charge in [-0.1, -0.05) is 19.3 Å². The molecule has 0 aliphatic heterocycles. The molecule has 2 rings (SSSR count). The van der Waals surface area contributed by atoms with E-state index in [1.165, 1.54) is 0 Å². The van der Waals surface area contributed by atoms with E-state index in [1.54, 1.807) is 0 Å². The highest BCUT2D eigenvalue weighted by Gasteiger charge is 2.38. The predicted octanol–water partition coefficient (Wildman–Crippen LogP) is 3.28. The maximum Gasteiger partial charge on any atom is 0.434 e. The molecule has 0 atom stereocenters. The number of thiazole rings is 1. The summed E-state index contributed by atoms with van der Waals surface area (Å²) >= 11 is 1.03. The Bertz CT molecular complexity index is 366. The van der Waals surface area contributed by atoms with Crippen LogP contribution in [0.3, 0.4) is 0 Å². The molecule has 6 heteroatoms. The smallest absolute Gasteiger partial charge is 0.319 e. The molecule has 1 aromatic heterocycles. The Kier molecular flexibility index (Phi) is 2.96. The van der Waals surface area contributed by atoms with Gasteiger partial charge in [0.05, 0.1) is 5.54 Å². The van der Waals surface area contributed by atoms with E-state index in [2.05, 4.69) is 4.98 Å². The van der Waals surface area contributed by atoms with Gasteiger partial charge in [0, 0.05) is 5.38 Å². The van der Waals surface area contributed by atoms with E-state index in [0.717, 1.165) is 48.8 Å². The van der Waals surface area contributed by atoms with Crippen LogP contribution in [0.2, 0.25) is 0 Å². The number of hydrogen-bond acceptors (Lipinski definition) is 3. The topological polar surface area (TPSA) is 38.9 Å². The average Bonchev–Trinajstić information content (AvgIpc) is 2.67. The molecule has 0 saturated heterocycles. The van der Waals surface area contributed by atoms with Crippen molar-refractivity contribution in [3.8, 4) is 0 Å². The molecule has 0 bridgehead atoms. The SMILES string of the molecule is NC1(c2nc(C(F)(F)F)cs2)CCCCC1. The zero-order valence-electron chi connectivity index (χ0n) is 8.68. The molecular formula is C10H13F3N2S. The van der Waals surface area contributed by atoms with Gasteiger partial charge in [0.25, 0.3) is 0 Å². The number of hydrogen-bond donors (Lipinski definition) is 1. The van der Waals surface area contributed by atoms with Crippen molar-refractivity contribution >= 4 is 11.3 Å². The third-order valence-corrected chi connectivity index (χ3v) is 4.03. The molecule has 0 aromatic carbocycles. The second-order valence-electron chi connectivity index (χ2n) is 4.25. The first-order valence-electron chi connectivity index (χ1n) is 5.24. The Morgan fingerprint density at radius 1 is 1.25 bits per heavy atom. The van der Waals surface area contributed by atoms with Crippen LogP contribution in [0.15, 0.2) is 5.38 Å². The Labute approximate surface area is 95.7 Å². The summed E-state index contributed by atoms with van der Waals surface area (Å²) in [5.74, 6) is 0. The fourth-order valence-corrected chi connectivity index (χ4v) is 3.03. The lowest BCUT2D eigenvalue weighted by atomic mass is 9.83. The largest absolute Gasteiger partial charge is 0.434 e. The molecule has 1 aliphatic carbocycles. The molecule has 0 radical (unpaired) electrons. The first-order chi connectivity index (χ1) is 7.42. The molecule has 0 unspecified atom stereocenters. The summed E-state index contributed by atoms with van der Waals surface area (Å²) < 4.78 is 37.2. The van der Waals surface area contributed by atoms with Gasteiger partial charge in [-0.05, 0) is 12.8 Å². The average molecular weight is 250 g/mol. The monoisotopic (exact) mass is 250 g/mol. The van der Waals surface area contributed by atoms with E-state index in [1.807, 2.05) is 0 Å². The third kappa shape index (κ3) is 2.22. The summed E-state index contributed by atoms with van der Waals surface area (Å²) in [4.78, 5) is 3.65. The van der Waals surface area contributed by atoms with Crippen LogP contribution in [0, 0.1) is 0 Å². The van der Waals surface area contributed by atoms with Gasteiger partial charge in [0.1, 0.15) is 5.01 Å². The van der Waals surface area contributed by atoms with Gasteiger partial charge in [-0.2, -0.15) is 13.2 Å². The summed E-state index contributed by atoms with van der Waals surface area (Å²) in [5.41, 5.74) is 4.67. The summed E-state index contributed by atoms with van der Waals surface area (Å²) in [6, 6.07) is 0. The summed E-state index contributed by atoms with van der Waals surface area (Å²) in [6.07, 6.45) is 0.153. The van der Waals surface area contributed by atoms with Crippen molar-refractivity contribution in [1.29, 1.82) is 0 Å². The Balaban J connectivity index is 2.24. The maximum absolute atomic E-state index is 12.4. The molecule has 2 N–H and O–H groups in total. The zero-order valence-corrected chi connectivity index (χ0v) is 9.50. The van der Waals surface area contributed by atoms with Gasteiger partial charge in [-0.3, -0.25) is 0 Å². The highest BCUT2D eigenvalue weighted by molar-refractivity contribution is 7.09. The van der Waals surface area contributed by atoms with Crippen LogP contribution in [-0.4, -0.2) is 4.98 Å². The van der Waals surface area contributed by atoms with E-state index in [-0.39, 0.29) is 0 Å². The predicted molar refractivity (Wildman–Crippen MR) is 56.1 cm³/mol. The molecule has 2 nitrogen and oxygen atoms in total. The van der Waals surface area contributed by atoms with Crippen molar-refractivity contribution in [2.24, 2.45) is 5.73 Å². The van der Waals surface area contributed by atoms with Gasteiger partial charge in [0.15, 0.2) is 5.69 Å². The highest BCUT2D eigenvalue weighted by atomic mass is 32.1. The van der Waals surface area contributed by atoms with Crippen LogP contribution in [-0.2, 0) is 11.7 Å². The van der Waals surface area contributed by atoms with E-state index in [9.17, 15) is 13.2 Å². The number of nitrogens with zero attached hydrogens (tertiary/aromatic N) is 1. The van der Waals surface area contributed by atoms with E-state index in [4.69, 9.17) is 5.73 Å². The lowest BCUT2D eigenvalue weighted by Crippen LogP contribution is -2.38. The number of halogens is 3. The Hall–Kier alpha value is -0.620. The summed E-state index contributed by atoms with van der Waals surface area (Å²) in [7, 11) is 0. The Morgan fingerprint density at radius 2 is 1.88 bits per heavy atom. The molecule has 0 spiro atoms. The van der Waals surface area contributed by atoms with Crippen molar-refractivity contribution in [2.45, 2.75) is 43.8 Å². The van der Waals surface area contributed by atoms with Gasteiger partial charge >= 0.3 is 6.18 Å². The number of alkyl halides is 3. The van der Waals surface area contributed by atoms with E-state index in [0.29, 0.717) is 5.01 Å². The van der Waals surface area contributed by atoms with Gasteiger partial charge < -0.3 is 5.73 Å². The molecule has 1 aromatic rings. The minimum Gasteiger partial charge on any atom is -0.319 e. The van der Waals surface area contributed by atoms with Crippen LogP contribution in [0.25, 0.3) is 0 Å². The summed E-state index contributed by atoms with van der Waals surface area (Å²) in [5, 5.41) is 1.48. The zero-order chi connectivity index (χ0) is 11.8. The maximum atomic E-state index is 12.4. The minimum atomic E-state index is -4.36. The fraction of sp³-hybridized carbons (Fsp3) is 0.700. The van der Waals surface area contributed by atoms with Crippen molar-refractivity contribution in [2.75, 3.05) is 0 Å². The number of rotatable bonds is 1. The fourth-order valence-electron chi connectivity index (χ4n) is 2.03. The normalized spacial score (nSPS) is 21.0. The molecule has 1 fully saturated rings. The van der Waals surface area contributed by atoms with Crippen LogP contribution in [0.5, 0.6) is 0 Å². The molecule has 1 saturated carbocycles. The highest BCUT2D eigenvalue weighted by Crippen LogP contribution is 2.38. The van der Waals surface area contributed by atoms with Crippen LogP contribution in [0.1, 0.15) is 42.8 Å².